The zero-order valence-electron chi connectivity index (χ0n) is 21.2. The molecule has 0 saturated carbocycles. The molecule has 0 bridgehead atoms. The van der Waals surface area contributed by atoms with Crippen LogP contribution in [0.25, 0.3) is 17.1 Å². The van der Waals surface area contributed by atoms with Crippen molar-refractivity contribution in [3.63, 3.8) is 0 Å². The Balaban J connectivity index is 1.34. The molecule has 0 radical (unpaired) electrons. The zero-order chi connectivity index (χ0) is 27.7. The highest BCUT2D eigenvalue weighted by Gasteiger charge is 2.41. The van der Waals surface area contributed by atoms with E-state index in [9.17, 15) is 18.0 Å². The number of carbonyl (C=O) groups is 1. The number of rotatable bonds is 5. The molecule has 1 saturated heterocycles. The van der Waals surface area contributed by atoms with Crippen molar-refractivity contribution in [2.75, 3.05) is 10.7 Å². The monoisotopic (exact) mass is 550 g/mol. The van der Waals surface area contributed by atoms with Gasteiger partial charge in [-0.2, -0.15) is 0 Å². The maximum Gasteiger partial charge on any atom is 0.573 e. The van der Waals surface area contributed by atoms with Crippen LogP contribution >= 0.6 is 11.8 Å². The molecule has 1 aromatic heterocycles. The van der Waals surface area contributed by atoms with E-state index in [0.29, 0.717) is 22.4 Å². The number of hydrogen-bond donors (Lipinski definition) is 0. The number of aryl methyl sites for hydroxylation is 3. The number of carbonyl (C=O) groups excluding carboxylic acids is 1. The second kappa shape index (κ2) is 10.4. The number of alkyl halides is 3. The summed E-state index contributed by atoms with van der Waals surface area (Å²) >= 11 is 1.41. The van der Waals surface area contributed by atoms with Crippen LogP contribution in [0.4, 0.5) is 18.9 Å². The van der Waals surface area contributed by atoms with Crippen LogP contribution in [0.1, 0.15) is 22.3 Å². The van der Waals surface area contributed by atoms with Crippen molar-refractivity contribution >= 4 is 34.7 Å². The number of aromatic nitrogens is 3. The fourth-order valence-corrected chi connectivity index (χ4v) is 5.20. The molecule has 2 heterocycles. The first-order chi connectivity index (χ1) is 18.6. The van der Waals surface area contributed by atoms with Crippen molar-refractivity contribution in [3.8, 4) is 22.8 Å². The van der Waals surface area contributed by atoms with E-state index in [1.807, 2.05) is 45.0 Å². The van der Waals surface area contributed by atoms with Crippen LogP contribution in [0.15, 0.2) is 67.0 Å². The molecule has 0 atom stereocenters. The smallest absolute Gasteiger partial charge is 0.406 e. The molecule has 7 nitrogen and oxygen atoms in total. The second-order valence-corrected chi connectivity index (χ2v) is 9.92. The van der Waals surface area contributed by atoms with Gasteiger partial charge in [0.25, 0.3) is 0 Å². The summed E-state index contributed by atoms with van der Waals surface area (Å²) < 4.78 is 47.1. The predicted molar refractivity (Wildman–Crippen MR) is 146 cm³/mol. The molecule has 11 heteroatoms. The predicted octanol–water partition coefficient (Wildman–Crippen LogP) is 5.38. The molecule has 0 spiro atoms. The standard InChI is InChI=1S/C28H23F3N5O2S/c1-17-12-18(2)25(19(3)13-17)36-24(37)15-39-27(36)32-14-20-4-6-21(7-5-20)26-33-16-35(34-26)22-8-10-23(11-9-22)38-28(29,30)31/h4-14,16H,15H2,1-3H3/q+1. The maximum atomic E-state index is 12.7. The lowest BCUT2D eigenvalue weighted by molar-refractivity contribution is -0.274. The minimum Gasteiger partial charge on any atom is -0.406 e. The fourth-order valence-electron chi connectivity index (χ4n) is 4.37. The summed E-state index contributed by atoms with van der Waals surface area (Å²) in [6.45, 7) is 6.03. The molecule has 1 fully saturated rings. The highest BCUT2D eigenvalue weighted by Crippen LogP contribution is 2.32. The topological polar surface area (TPSA) is 74.4 Å². The second-order valence-electron chi connectivity index (χ2n) is 8.98. The van der Waals surface area contributed by atoms with Gasteiger partial charge in [-0.05, 0) is 80.1 Å². The van der Waals surface area contributed by atoms with Gasteiger partial charge in [-0.1, -0.05) is 29.8 Å². The van der Waals surface area contributed by atoms with Crippen molar-refractivity contribution < 1.29 is 22.7 Å². The van der Waals surface area contributed by atoms with E-state index in [2.05, 4.69) is 31.6 Å². The first kappa shape index (κ1) is 26.3. The van der Waals surface area contributed by atoms with E-state index in [1.165, 1.54) is 47.0 Å². The summed E-state index contributed by atoms with van der Waals surface area (Å²) in [6.07, 6.45) is -1.55. The Morgan fingerprint density at radius 1 is 1.00 bits per heavy atom. The van der Waals surface area contributed by atoms with Gasteiger partial charge >= 0.3 is 17.4 Å². The number of anilines is 1. The normalized spacial score (nSPS) is 13.5. The lowest BCUT2D eigenvalue weighted by Crippen LogP contribution is -2.32. The summed E-state index contributed by atoms with van der Waals surface area (Å²) in [5.74, 6) is 0.485. The Morgan fingerprint density at radius 3 is 2.31 bits per heavy atom. The van der Waals surface area contributed by atoms with Crippen LogP contribution in [0.5, 0.6) is 5.75 Å². The average Bonchev–Trinajstić information content (AvgIpc) is 3.50. The Hall–Kier alpha value is -4.34. The van der Waals surface area contributed by atoms with Gasteiger partial charge in [0.05, 0.1) is 5.69 Å². The van der Waals surface area contributed by atoms with Crippen LogP contribution in [-0.4, -0.2) is 44.2 Å². The number of benzene rings is 3. The summed E-state index contributed by atoms with van der Waals surface area (Å²) in [5, 5.41) is 5.06. The highest BCUT2D eigenvalue weighted by molar-refractivity contribution is 8.15. The van der Waals surface area contributed by atoms with E-state index in [1.54, 1.807) is 11.1 Å². The molecule has 198 valence electrons. The molecule has 39 heavy (non-hydrogen) atoms. The van der Waals surface area contributed by atoms with Gasteiger partial charge in [0.15, 0.2) is 12.0 Å². The van der Waals surface area contributed by atoms with Gasteiger partial charge in [-0.25, -0.2) is 19.1 Å². The quantitative estimate of drug-likeness (QED) is 0.246. The molecule has 4 aromatic rings. The van der Waals surface area contributed by atoms with Gasteiger partial charge in [-0.15, -0.1) is 23.2 Å². The van der Waals surface area contributed by atoms with Gasteiger partial charge in [0, 0.05) is 11.1 Å². The van der Waals surface area contributed by atoms with Crippen molar-refractivity contribution in [3.05, 3.63) is 89.2 Å². The first-order valence-corrected chi connectivity index (χ1v) is 12.9. The number of thioether (sulfide) groups is 1. The molecule has 1 aliphatic rings. The van der Waals surface area contributed by atoms with Crippen LogP contribution in [-0.2, 0) is 4.79 Å². The van der Waals surface area contributed by atoms with Crippen LogP contribution < -0.4 is 14.3 Å². The zero-order valence-corrected chi connectivity index (χ0v) is 22.0. The van der Waals surface area contributed by atoms with Crippen LogP contribution in [0.2, 0.25) is 0 Å². The minimum absolute atomic E-state index is 0.00160. The van der Waals surface area contributed by atoms with Crippen LogP contribution in [0.3, 0.4) is 0 Å². The maximum absolute atomic E-state index is 12.7. The number of nitrogens with zero attached hydrogens (tertiary/aromatic N) is 5. The first-order valence-electron chi connectivity index (χ1n) is 11.9. The number of amides is 1. The van der Waals surface area contributed by atoms with E-state index in [4.69, 9.17) is 0 Å². The number of halogens is 3. The number of ether oxygens (including phenoxy) is 1. The van der Waals surface area contributed by atoms with Crippen molar-refractivity contribution in [2.45, 2.75) is 27.1 Å². The van der Waals surface area contributed by atoms with Crippen molar-refractivity contribution in [2.24, 2.45) is 0 Å². The van der Waals surface area contributed by atoms with Gasteiger partial charge in [-0.3, -0.25) is 0 Å². The molecule has 0 unspecified atom stereocenters. The molecule has 1 aliphatic heterocycles. The third-order valence-corrected chi connectivity index (χ3v) is 6.88. The highest BCUT2D eigenvalue weighted by atomic mass is 32.2. The lowest BCUT2D eigenvalue weighted by Gasteiger charge is -2.13. The number of amidine groups is 1. The molecular formula is C28H23F3N5O2S+. The molecule has 5 rings (SSSR count). The van der Waals surface area contributed by atoms with Crippen LogP contribution in [0, 0.1) is 20.8 Å². The van der Waals surface area contributed by atoms with Gasteiger partial charge in [0.2, 0.25) is 0 Å². The van der Waals surface area contributed by atoms with E-state index < -0.39 is 6.36 Å². The van der Waals surface area contributed by atoms with Gasteiger partial charge in [0.1, 0.15) is 23.5 Å². The summed E-state index contributed by atoms with van der Waals surface area (Å²) in [5.41, 5.74) is 6.21. The number of hydrogen-bond acceptors (Lipinski definition) is 5. The molecule has 0 N–H and O–H groups in total. The Morgan fingerprint density at radius 2 is 1.67 bits per heavy atom. The fraction of sp³-hybridized carbons (Fsp3) is 0.179. The third-order valence-electron chi connectivity index (χ3n) is 5.94. The molecule has 3 aromatic carbocycles. The largest absolute Gasteiger partial charge is 0.573 e. The Labute approximate surface area is 226 Å². The minimum atomic E-state index is -4.75. The summed E-state index contributed by atoms with van der Waals surface area (Å²) in [6, 6.07) is 16.9. The van der Waals surface area contributed by atoms with E-state index in [-0.39, 0.29) is 11.7 Å². The summed E-state index contributed by atoms with van der Waals surface area (Å²) in [7, 11) is 0. The average molecular weight is 551 g/mol. The van der Waals surface area contributed by atoms with E-state index in [0.717, 1.165) is 33.5 Å². The molecule has 0 aliphatic carbocycles. The lowest BCUT2D eigenvalue weighted by atomic mass is 10.0. The SMILES string of the molecule is Cc1cc(C)c(N2C(=O)CSC2=[N+]=Cc2ccc(-c3ncn(-c4ccc(OC(F)(F)F)cc4)n3)cc2)c(C)c1. The third kappa shape index (κ3) is 5.89. The van der Waals surface area contributed by atoms with Crippen molar-refractivity contribution in [1.82, 2.24) is 19.4 Å². The Bertz CT molecular complexity index is 1580. The molecular weight excluding hydrogens is 527 g/mol. The van der Waals surface area contributed by atoms with Gasteiger partial charge < -0.3 is 4.74 Å². The Kier molecular flexibility index (Phi) is 7.03. The summed E-state index contributed by atoms with van der Waals surface area (Å²) in [4.78, 5) is 18.7. The molecule has 1 amide bonds. The van der Waals surface area contributed by atoms with E-state index >= 15 is 0 Å². The van der Waals surface area contributed by atoms with Crippen molar-refractivity contribution in [1.29, 1.82) is 0 Å².